The van der Waals surface area contributed by atoms with E-state index in [0.717, 1.165) is 88.2 Å². The van der Waals surface area contributed by atoms with Crippen molar-refractivity contribution in [3.8, 4) is 0 Å². The van der Waals surface area contributed by atoms with E-state index in [-0.39, 0.29) is 44.7 Å². The average Bonchev–Trinajstić information content (AvgIpc) is 2.79. The Labute approximate surface area is 515 Å². The van der Waals surface area contributed by atoms with Gasteiger partial charge >= 0.3 is 17.9 Å². The summed E-state index contributed by atoms with van der Waals surface area (Å²) in [5, 5.41) is 11.6. The lowest BCUT2D eigenvalue weighted by Crippen LogP contribution is -2.48. The van der Waals surface area contributed by atoms with E-state index in [1.165, 1.54) is 32.1 Å². The zero-order chi connectivity index (χ0) is 61.6. The van der Waals surface area contributed by atoms with Gasteiger partial charge in [0.1, 0.15) is 18.6 Å². The summed E-state index contributed by atoms with van der Waals surface area (Å²) in [6.45, 7) is 13.0. The second kappa shape index (κ2) is 59.8. The molecule has 0 aromatic heterocycles. The predicted molar refractivity (Wildman–Crippen MR) is 328 cm³/mol. The SMILES string of the molecule is CCCCCCCCCCCC(CCCCCCCCCCC(=O)OCc1ccccc1)(C(=O)NCCOCCOCCOCCOCCOCCOCCOCCOCCOCCOCCOCCOCCC(=O)O)C(=O)OCc1ccccc1. The molecule has 2 aromatic carbocycles. The minimum absolute atomic E-state index is 0.0136. The van der Waals surface area contributed by atoms with Gasteiger partial charge in [-0.15, -0.1) is 0 Å². The van der Waals surface area contributed by atoms with Crippen LogP contribution in [0.4, 0.5) is 0 Å². The molecule has 0 heterocycles. The molecule has 0 aliphatic rings. The van der Waals surface area contributed by atoms with E-state index in [2.05, 4.69) is 12.2 Å². The molecule has 0 fully saturated rings. The van der Waals surface area contributed by atoms with E-state index in [1.807, 2.05) is 60.7 Å². The van der Waals surface area contributed by atoms with Gasteiger partial charge in [0.2, 0.25) is 5.91 Å². The Hall–Kier alpha value is -4.16. The highest BCUT2D eigenvalue weighted by molar-refractivity contribution is 6.02. The van der Waals surface area contributed by atoms with Crippen molar-refractivity contribution >= 4 is 23.8 Å². The quantitative estimate of drug-likeness (QED) is 0.0356. The number of carboxylic acids is 1. The number of esters is 2. The van der Waals surface area contributed by atoms with Gasteiger partial charge in [-0.3, -0.25) is 19.2 Å². The summed E-state index contributed by atoms with van der Waals surface area (Å²) in [4.78, 5) is 51.2. The molecule has 20 nitrogen and oxygen atoms in total. The monoisotopic (exact) mass is 1220 g/mol. The maximum absolute atomic E-state index is 14.3. The van der Waals surface area contributed by atoms with Crippen LogP contribution in [-0.4, -0.2) is 194 Å². The van der Waals surface area contributed by atoms with Crippen LogP contribution in [-0.2, 0) is 98.7 Å². The Balaban J connectivity index is 1.53. The van der Waals surface area contributed by atoms with Gasteiger partial charge < -0.3 is 76.7 Å². The number of ether oxygens (including phenoxy) is 14. The number of hydrogen-bond acceptors (Lipinski definition) is 18. The number of benzene rings is 2. The summed E-state index contributed by atoms with van der Waals surface area (Å²) in [6, 6.07) is 19.4. The molecule has 0 saturated heterocycles. The van der Waals surface area contributed by atoms with Gasteiger partial charge in [0.05, 0.1) is 165 Å². The van der Waals surface area contributed by atoms with Crippen molar-refractivity contribution in [2.75, 3.05) is 165 Å². The number of amides is 1. The summed E-state index contributed by atoms with van der Waals surface area (Å²) in [6.07, 6.45) is 19.2. The molecule has 0 saturated carbocycles. The Kier molecular flexibility index (Phi) is 54.2. The summed E-state index contributed by atoms with van der Waals surface area (Å²) in [5.74, 6) is -1.78. The van der Waals surface area contributed by atoms with Crippen molar-refractivity contribution in [1.29, 1.82) is 0 Å². The van der Waals surface area contributed by atoms with Gasteiger partial charge in [-0.1, -0.05) is 170 Å². The van der Waals surface area contributed by atoms with Crippen LogP contribution in [0.5, 0.6) is 0 Å². The van der Waals surface area contributed by atoms with Crippen LogP contribution >= 0.6 is 0 Å². The molecule has 86 heavy (non-hydrogen) atoms. The number of hydrogen-bond donors (Lipinski definition) is 2. The highest BCUT2D eigenvalue weighted by atomic mass is 16.6. The molecule has 1 amide bonds. The molecule has 2 rings (SSSR count). The van der Waals surface area contributed by atoms with Crippen molar-refractivity contribution in [3.05, 3.63) is 71.8 Å². The van der Waals surface area contributed by atoms with E-state index >= 15 is 0 Å². The lowest BCUT2D eigenvalue weighted by molar-refractivity contribution is -0.164. The van der Waals surface area contributed by atoms with Crippen LogP contribution in [0.25, 0.3) is 0 Å². The third kappa shape index (κ3) is 47.8. The third-order valence-electron chi connectivity index (χ3n) is 13.8. The Morgan fingerprint density at radius 1 is 0.360 bits per heavy atom. The van der Waals surface area contributed by atoms with Crippen LogP contribution in [0.1, 0.15) is 153 Å². The van der Waals surface area contributed by atoms with Crippen molar-refractivity contribution < 1.29 is 90.6 Å². The summed E-state index contributed by atoms with van der Waals surface area (Å²) in [5.41, 5.74) is 0.583. The standard InChI is InChI=1S/C66H111NO19/c1-2-3-4-5-6-8-11-14-23-31-66(65(72)86-59-61-27-20-17-21-28-61,32-24-15-12-9-7-10-13-22-29-63(70)85-58-60-25-18-16-19-26-60)64(71)67-33-35-74-37-39-76-41-43-78-45-47-80-49-51-82-53-55-84-57-56-83-54-52-81-50-48-79-46-44-77-42-40-75-38-36-73-34-30-62(68)69/h16-21,25-28H,2-15,22-24,29-59H2,1H3,(H,67,71)(H,68,69). The van der Waals surface area contributed by atoms with Gasteiger partial charge in [0.25, 0.3) is 0 Å². The predicted octanol–water partition coefficient (Wildman–Crippen LogP) is 10.1. The largest absolute Gasteiger partial charge is 0.481 e. The minimum Gasteiger partial charge on any atom is -0.481 e. The second-order valence-corrected chi connectivity index (χ2v) is 20.9. The number of nitrogens with one attached hydrogen (secondary N) is 1. The first-order valence-corrected chi connectivity index (χ1v) is 32.2. The molecule has 494 valence electrons. The van der Waals surface area contributed by atoms with E-state index < -0.39 is 17.4 Å². The molecular formula is C66H111NO19. The number of carbonyl (C=O) groups is 4. The van der Waals surface area contributed by atoms with E-state index in [0.29, 0.717) is 171 Å². The third-order valence-corrected chi connectivity index (χ3v) is 13.8. The summed E-state index contributed by atoms with van der Waals surface area (Å²) in [7, 11) is 0. The first kappa shape index (κ1) is 77.9. The number of rotatable bonds is 66. The van der Waals surface area contributed by atoms with Crippen LogP contribution in [0.3, 0.4) is 0 Å². The van der Waals surface area contributed by atoms with E-state index in [9.17, 15) is 19.2 Å². The van der Waals surface area contributed by atoms with Crippen LogP contribution in [0.15, 0.2) is 60.7 Å². The fourth-order valence-corrected chi connectivity index (χ4v) is 8.90. The molecule has 1 unspecified atom stereocenters. The van der Waals surface area contributed by atoms with Gasteiger partial charge in [0, 0.05) is 13.0 Å². The van der Waals surface area contributed by atoms with Gasteiger partial charge in [-0.2, -0.15) is 0 Å². The zero-order valence-corrected chi connectivity index (χ0v) is 52.5. The molecule has 1 atom stereocenters. The van der Waals surface area contributed by atoms with Gasteiger partial charge in [0.15, 0.2) is 0 Å². The summed E-state index contributed by atoms with van der Waals surface area (Å²) < 4.78 is 77.6. The fraction of sp³-hybridized carbons (Fsp3) is 0.758. The van der Waals surface area contributed by atoms with E-state index in [4.69, 9.17) is 71.4 Å². The fourth-order valence-electron chi connectivity index (χ4n) is 8.90. The van der Waals surface area contributed by atoms with Crippen LogP contribution < -0.4 is 5.32 Å². The Morgan fingerprint density at radius 3 is 1.01 bits per heavy atom. The Morgan fingerprint density at radius 2 is 0.663 bits per heavy atom. The topological polar surface area (TPSA) is 230 Å². The normalized spacial score (nSPS) is 12.1. The molecule has 2 aromatic rings. The molecule has 0 radical (unpaired) electrons. The Bertz CT molecular complexity index is 1830. The number of aliphatic carboxylic acids is 1. The zero-order valence-electron chi connectivity index (χ0n) is 52.5. The maximum Gasteiger partial charge on any atom is 0.321 e. The van der Waals surface area contributed by atoms with Gasteiger partial charge in [-0.05, 0) is 30.4 Å². The number of carbonyl (C=O) groups excluding carboxylic acids is 3. The molecule has 0 aliphatic heterocycles. The number of carboxylic acid groups (broad SMARTS) is 1. The van der Waals surface area contributed by atoms with Crippen molar-refractivity contribution in [3.63, 3.8) is 0 Å². The first-order chi connectivity index (χ1) is 42.4. The second-order valence-electron chi connectivity index (χ2n) is 20.9. The average molecular weight is 1220 g/mol. The van der Waals surface area contributed by atoms with Gasteiger partial charge in [-0.25, -0.2) is 0 Å². The van der Waals surface area contributed by atoms with Crippen LogP contribution in [0, 0.1) is 5.41 Å². The van der Waals surface area contributed by atoms with Crippen molar-refractivity contribution in [2.45, 2.75) is 155 Å². The lowest BCUT2D eigenvalue weighted by atomic mass is 9.76. The number of unbranched alkanes of at least 4 members (excludes halogenated alkanes) is 15. The maximum atomic E-state index is 14.3. The molecule has 2 N–H and O–H groups in total. The lowest BCUT2D eigenvalue weighted by Gasteiger charge is -2.31. The molecular weight excluding hydrogens is 1110 g/mol. The highest BCUT2D eigenvalue weighted by Gasteiger charge is 2.46. The highest BCUT2D eigenvalue weighted by Crippen LogP contribution is 2.35. The molecule has 20 heteroatoms. The summed E-state index contributed by atoms with van der Waals surface area (Å²) >= 11 is 0. The molecule has 0 spiro atoms. The van der Waals surface area contributed by atoms with Crippen molar-refractivity contribution in [2.24, 2.45) is 5.41 Å². The molecule has 0 bridgehead atoms. The van der Waals surface area contributed by atoms with E-state index in [1.54, 1.807) is 0 Å². The van der Waals surface area contributed by atoms with Crippen molar-refractivity contribution in [1.82, 2.24) is 5.32 Å². The molecule has 0 aliphatic carbocycles. The smallest absolute Gasteiger partial charge is 0.321 e. The minimum atomic E-state index is -1.29. The van der Waals surface area contributed by atoms with Crippen LogP contribution in [0.2, 0.25) is 0 Å². The first-order valence-electron chi connectivity index (χ1n) is 32.2.